The fourth-order valence-corrected chi connectivity index (χ4v) is 0.949. The predicted molar refractivity (Wildman–Crippen MR) is 46.4 cm³/mol. The lowest BCUT2D eigenvalue weighted by Crippen LogP contribution is -2.14. The predicted octanol–water partition coefficient (Wildman–Crippen LogP) is 0.770. The van der Waals surface area contributed by atoms with Gasteiger partial charge in [0.15, 0.2) is 0 Å². The van der Waals surface area contributed by atoms with Crippen molar-refractivity contribution in [3.05, 3.63) is 17.5 Å². The van der Waals surface area contributed by atoms with Gasteiger partial charge in [-0.2, -0.15) is 10.6 Å². The van der Waals surface area contributed by atoms with Gasteiger partial charge in [-0.3, -0.25) is 4.68 Å². The van der Waals surface area contributed by atoms with Gasteiger partial charge in [-0.25, -0.2) is 0 Å². The summed E-state index contributed by atoms with van der Waals surface area (Å²) in [5.41, 5.74) is 5.19. The number of hydroxylamine groups is 1. The number of nitrogens with one attached hydrogen (secondary N) is 1. The number of hydrogen-bond donors (Lipinski definition) is 1. The third-order valence-electron chi connectivity index (χ3n) is 1.85. The van der Waals surface area contributed by atoms with E-state index in [1.54, 1.807) is 0 Å². The number of nitrogens with zero attached hydrogens (tertiary/aromatic N) is 2. The average Bonchev–Trinajstić information content (AvgIpc) is 2.36. The van der Waals surface area contributed by atoms with Crippen molar-refractivity contribution in [1.82, 2.24) is 15.3 Å². The first kappa shape index (κ1) is 9.22. The lowest BCUT2D eigenvalue weighted by atomic mass is 10.3. The summed E-state index contributed by atoms with van der Waals surface area (Å²) in [5, 5.41) is 4.12. The molecule has 0 saturated heterocycles. The van der Waals surface area contributed by atoms with Crippen LogP contribution >= 0.6 is 0 Å². The van der Waals surface area contributed by atoms with Crippen LogP contribution in [-0.4, -0.2) is 16.4 Å². The second-order valence-corrected chi connectivity index (χ2v) is 2.63. The summed E-state index contributed by atoms with van der Waals surface area (Å²) >= 11 is 0. The van der Waals surface area contributed by atoms with Crippen molar-refractivity contribution >= 4 is 0 Å². The van der Waals surface area contributed by atoms with Gasteiger partial charge in [0.2, 0.25) is 0 Å². The maximum atomic E-state index is 5.01. The molecule has 0 atom stereocenters. The first-order chi connectivity index (χ1) is 5.75. The number of hydrogen-bond acceptors (Lipinski definition) is 3. The molecule has 0 saturated carbocycles. The van der Waals surface area contributed by atoms with E-state index >= 15 is 0 Å². The van der Waals surface area contributed by atoms with Crippen LogP contribution in [0.5, 0.6) is 0 Å². The van der Waals surface area contributed by atoms with Gasteiger partial charge in [-0.15, -0.1) is 0 Å². The van der Waals surface area contributed by atoms with E-state index in [2.05, 4.69) is 10.6 Å². The molecule has 1 aromatic rings. The smallest absolute Gasteiger partial charge is 0.0654 e. The third kappa shape index (κ3) is 2.06. The average molecular weight is 169 g/mol. The van der Waals surface area contributed by atoms with Crippen LogP contribution in [0, 0.1) is 6.92 Å². The topological polar surface area (TPSA) is 39.1 Å². The molecule has 0 amide bonds. The molecule has 0 aliphatic rings. The third-order valence-corrected chi connectivity index (χ3v) is 1.85. The molecule has 68 valence electrons. The molecule has 0 aromatic carbocycles. The number of aryl methyl sites for hydroxylation is 1. The maximum Gasteiger partial charge on any atom is 0.0654 e. The Kier molecular flexibility index (Phi) is 3.25. The van der Waals surface area contributed by atoms with Crippen molar-refractivity contribution in [3.63, 3.8) is 0 Å². The van der Waals surface area contributed by atoms with E-state index in [0.29, 0.717) is 13.2 Å². The molecule has 0 radical (unpaired) electrons. The van der Waals surface area contributed by atoms with E-state index < -0.39 is 0 Å². The fourth-order valence-electron chi connectivity index (χ4n) is 0.949. The molecule has 0 unspecified atom stereocenters. The Morgan fingerprint density at radius 1 is 1.67 bits per heavy atom. The summed E-state index contributed by atoms with van der Waals surface area (Å²) in [6.45, 7) is 5.38. The Balaban J connectivity index is 2.46. The highest BCUT2D eigenvalue weighted by Gasteiger charge is 2.01. The van der Waals surface area contributed by atoms with Gasteiger partial charge in [0.1, 0.15) is 0 Å². The number of rotatable bonds is 4. The zero-order chi connectivity index (χ0) is 8.97. The van der Waals surface area contributed by atoms with Gasteiger partial charge in [0.05, 0.1) is 12.8 Å². The molecule has 1 aromatic heterocycles. The Morgan fingerprint density at radius 2 is 2.42 bits per heavy atom. The fraction of sp³-hybridized carbons (Fsp3) is 0.625. The Morgan fingerprint density at radius 3 is 2.92 bits per heavy atom. The van der Waals surface area contributed by atoms with E-state index in [0.717, 1.165) is 0 Å². The minimum absolute atomic E-state index is 0.680. The van der Waals surface area contributed by atoms with E-state index in [9.17, 15) is 0 Å². The summed E-state index contributed by atoms with van der Waals surface area (Å²) in [6.07, 6.45) is 1.85. The standard InChI is InChI=1S/C8H15N3O/c1-4-12-10-6-8-5-9-11(3)7(8)2/h5,10H,4,6H2,1-3H3. The SMILES string of the molecule is CCONCc1cnn(C)c1C. The van der Waals surface area contributed by atoms with Gasteiger partial charge in [-0.05, 0) is 13.8 Å². The van der Waals surface area contributed by atoms with E-state index in [1.807, 2.05) is 31.8 Å². The van der Waals surface area contributed by atoms with Crippen LogP contribution in [-0.2, 0) is 18.4 Å². The van der Waals surface area contributed by atoms with Crippen LogP contribution in [0.2, 0.25) is 0 Å². The van der Waals surface area contributed by atoms with Crippen LogP contribution in [0.15, 0.2) is 6.20 Å². The lowest BCUT2D eigenvalue weighted by molar-refractivity contribution is 0.0462. The lowest BCUT2D eigenvalue weighted by Gasteiger charge is -2.02. The molecule has 0 fully saturated rings. The summed E-state index contributed by atoms with van der Waals surface area (Å²) in [4.78, 5) is 5.01. The molecule has 0 spiro atoms. The second-order valence-electron chi connectivity index (χ2n) is 2.63. The number of aromatic nitrogens is 2. The van der Waals surface area contributed by atoms with E-state index in [4.69, 9.17) is 4.84 Å². The van der Waals surface area contributed by atoms with Crippen LogP contribution < -0.4 is 5.48 Å². The molecule has 1 rings (SSSR count). The Bertz CT molecular complexity index is 244. The molecular weight excluding hydrogens is 154 g/mol. The Labute approximate surface area is 72.5 Å². The summed E-state index contributed by atoms with van der Waals surface area (Å²) in [7, 11) is 1.93. The highest BCUT2D eigenvalue weighted by atomic mass is 16.6. The van der Waals surface area contributed by atoms with E-state index in [-0.39, 0.29) is 0 Å². The molecule has 12 heavy (non-hydrogen) atoms. The zero-order valence-corrected chi connectivity index (χ0v) is 7.79. The zero-order valence-electron chi connectivity index (χ0n) is 7.79. The van der Waals surface area contributed by atoms with Gasteiger partial charge in [0, 0.05) is 24.8 Å². The van der Waals surface area contributed by atoms with Crippen molar-refractivity contribution in [2.24, 2.45) is 7.05 Å². The molecule has 4 nitrogen and oxygen atoms in total. The molecule has 0 aliphatic carbocycles. The van der Waals surface area contributed by atoms with Gasteiger partial charge in [0.25, 0.3) is 0 Å². The highest BCUT2D eigenvalue weighted by molar-refractivity contribution is 5.14. The Hall–Kier alpha value is -0.870. The highest BCUT2D eigenvalue weighted by Crippen LogP contribution is 2.04. The minimum atomic E-state index is 0.680. The monoisotopic (exact) mass is 169 g/mol. The largest absolute Gasteiger partial charge is 0.302 e. The summed E-state index contributed by atoms with van der Waals surface area (Å²) in [6, 6.07) is 0. The first-order valence-corrected chi connectivity index (χ1v) is 4.07. The van der Waals surface area contributed by atoms with Crippen LogP contribution in [0.4, 0.5) is 0 Å². The maximum absolute atomic E-state index is 5.01. The quantitative estimate of drug-likeness (QED) is 0.534. The van der Waals surface area contributed by atoms with Crippen LogP contribution in [0.3, 0.4) is 0 Å². The van der Waals surface area contributed by atoms with Gasteiger partial charge >= 0.3 is 0 Å². The van der Waals surface area contributed by atoms with Crippen molar-refractivity contribution in [3.8, 4) is 0 Å². The molecule has 4 heteroatoms. The van der Waals surface area contributed by atoms with Crippen molar-refractivity contribution in [2.75, 3.05) is 6.61 Å². The minimum Gasteiger partial charge on any atom is -0.302 e. The van der Waals surface area contributed by atoms with Crippen LogP contribution in [0.25, 0.3) is 0 Å². The summed E-state index contributed by atoms with van der Waals surface area (Å²) in [5.74, 6) is 0. The molecule has 1 heterocycles. The van der Waals surface area contributed by atoms with Crippen molar-refractivity contribution in [2.45, 2.75) is 20.4 Å². The van der Waals surface area contributed by atoms with Crippen LogP contribution in [0.1, 0.15) is 18.2 Å². The van der Waals surface area contributed by atoms with Crippen molar-refractivity contribution < 1.29 is 4.84 Å². The second kappa shape index (κ2) is 4.23. The molecule has 0 bridgehead atoms. The van der Waals surface area contributed by atoms with Gasteiger partial charge in [-0.1, -0.05) is 0 Å². The summed E-state index contributed by atoms with van der Waals surface area (Å²) < 4.78 is 1.85. The first-order valence-electron chi connectivity index (χ1n) is 4.07. The molecule has 0 aliphatic heterocycles. The normalized spacial score (nSPS) is 10.6. The van der Waals surface area contributed by atoms with Gasteiger partial charge < -0.3 is 4.84 Å². The molecule has 1 N–H and O–H groups in total. The van der Waals surface area contributed by atoms with Crippen molar-refractivity contribution in [1.29, 1.82) is 0 Å². The van der Waals surface area contributed by atoms with E-state index in [1.165, 1.54) is 11.3 Å². The molecular formula is C8H15N3O.